The molecule has 1 N–H and O–H groups in total. The number of sulfone groups is 2. The van der Waals surface area contributed by atoms with Crippen molar-refractivity contribution in [2.75, 3.05) is 18.7 Å². The summed E-state index contributed by atoms with van der Waals surface area (Å²) in [6.45, 7) is 1.98. The molecule has 3 aromatic carbocycles. The van der Waals surface area contributed by atoms with Crippen LogP contribution in [0.1, 0.15) is 11.3 Å². The molecule has 0 radical (unpaired) electrons. The van der Waals surface area contributed by atoms with Gasteiger partial charge in [-0.15, -0.1) is 0 Å². The molecule has 0 saturated heterocycles. The lowest BCUT2D eigenvalue weighted by Crippen LogP contribution is -2.08. The lowest BCUT2D eigenvalue weighted by Gasteiger charge is -2.15. The van der Waals surface area contributed by atoms with Gasteiger partial charge in [0.05, 0.1) is 27.6 Å². The zero-order valence-corrected chi connectivity index (χ0v) is 23.2. The van der Waals surface area contributed by atoms with Gasteiger partial charge < -0.3 is 14.8 Å². The van der Waals surface area contributed by atoms with Crippen LogP contribution in [0.25, 0.3) is 0 Å². The number of hydrogen-bond donors (Lipinski definition) is 1. The van der Waals surface area contributed by atoms with Gasteiger partial charge in [0.2, 0.25) is 9.84 Å². The summed E-state index contributed by atoms with van der Waals surface area (Å²) in [6.07, 6.45) is 1.08. The van der Waals surface area contributed by atoms with Crippen molar-refractivity contribution in [2.45, 2.75) is 28.2 Å². The number of anilines is 2. The summed E-state index contributed by atoms with van der Waals surface area (Å²) >= 11 is 6.29. The van der Waals surface area contributed by atoms with Gasteiger partial charge in [-0.05, 0) is 67.6 Å². The Bertz CT molecular complexity index is 1690. The van der Waals surface area contributed by atoms with Crippen molar-refractivity contribution < 1.29 is 26.3 Å². The van der Waals surface area contributed by atoms with Crippen molar-refractivity contribution in [3.05, 3.63) is 95.1 Å². The molecular formula is C27H25ClN2O6S2. The number of nitrogens with one attached hydrogen (secondary N) is 1. The zero-order chi connectivity index (χ0) is 27.5. The van der Waals surface area contributed by atoms with Gasteiger partial charge in [-0.3, -0.25) is 0 Å². The summed E-state index contributed by atoms with van der Waals surface area (Å²) in [7, 11) is -5.86. The van der Waals surface area contributed by atoms with Crippen molar-refractivity contribution in [3.8, 4) is 11.5 Å². The van der Waals surface area contributed by atoms with Crippen molar-refractivity contribution >= 4 is 42.8 Å². The molecule has 0 atom stereocenters. The van der Waals surface area contributed by atoms with Gasteiger partial charge in [-0.1, -0.05) is 29.8 Å². The molecule has 0 saturated carbocycles. The lowest BCUT2D eigenvalue weighted by molar-refractivity contribution is 0.296. The Hall–Kier alpha value is -3.60. The second kappa shape index (κ2) is 11.0. The Labute approximate surface area is 227 Å². The molecule has 0 unspecified atom stereocenters. The number of ether oxygens (including phenoxy) is 2. The Morgan fingerprint density at radius 3 is 2.24 bits per heavy atom. The minimum Gasteiger partial charge on any atom is -0.496 e. The van der Waals surface area contributed by atoms with E-state index >= 15 is 0 Å². The predicted molar refractivity (Wildman–Crippen MR) is 146 cm³/mol. The molecule has 4 rings (SSSR count). The number of aromatic nitrogens is 1. The first-order valence-corrected chi connectivity index (χ1v) is 15.1. The minimum absolute atomic E-state index is 0.0473. The standard InChI is InChI=1S/C27H25ClN2O6S2/c1-18-8-15-26(27(29-18)30-24-14-13-22(16-23(24)28)37(3,31)32)38(33,34)21-11-9-20(10-12-21)36-17-19-6-4-5-7-25(19)35-2/h4-16H,17H2,1-3H3,(H,29,30). The van der Waals surface area contributed by atoms with E-state index in [9.17, 15) is 16.8 Å². The summed E-state index contributed by atoms with van der Waals surface area (Å²) in [4.78, 5) is 4.40. The third-order valence-corrected chi connectivity index (χ3v) is 8.85. The van der Waals surface area contributed by atoms with Crippen LogP contribution in [0.5, 0.6) is 11.5 Å². The molecule has 0 spiro atoms. The quantitative estimate of drug-likeness (QED) is 0.275. The van der Waals surface area contributed by atoms with Crippen molar-refractivity contribution in [3.63, 3.8) is 0 Å². The molecule has 0 fully saturated rings. The first-order chi connectivity index (χ1) is 18.0. The van der Waals surface area contributed by atoms with Crippen LogP contribution < -0.4 is 14.8 Å². The van der Waals surface area contributed by atoms with Crippen molar-refractivity contribution in [1.82, 2.24) is 4.98 Å². The highest BCUT2D eigenvalue weighted by Gasteiger charge is 2.24. The Morgan fingerprint density at radius 2 is 1.58 bits per heavy atom. The molecule has 38 heavy (non-hydrogen) atoms. The van der Waals surface area contributed by atoms with Gasteiger partial charge in [-0.2, -0.15) is 0 Å². The molecule has 8 nitrogen and oxygen atoms in total. The van der Waals surface area contributed by atoms with Gasteiger partial charge in [0.1, 0.15) is 28.8 Å². The summed E-state index contributed by atoms with van der Waals surface area (Å²) in [6, 6.07) is 20.8. The molecule has 4 aromatic rings. The number of pyridine rings is 1. The third-order valence-electron chi connectivity index (χ3n) is 5.63. The fourth-order valence-electron chi connectivity index (χ4n) is 3.63. The highest BCUT2D eigenvalue weighted by molar-refractivity contribution is 7.91. The van der Waals surface area contributed by atoms with E-state index < -0.39 is 19.7 Å². The Balaban J connectivity index is 1.60. The molecule has 198 valence electrons. The molecule has 11 heteroatoms. The molecule has 0 aliphatic carbocycles. The van der Waals surface area contributed by atoms with E-state index in [-0.39, 0.29) is 32.1 Å². The van der Waals surface area contributed by atoms with Gasteiger partial charge in [0.25, 0.3) is 0 Å². The van der Waals surface area contributed by atoms with Crippen LogP contribution in [0, 0.1) is 6.92 Å². The smallest absolute Gasteiger partial charge is 0.210 e. The van der Waals surface area contributed by atoms with Crippen molar-refractivity contribution in [1.29, 1.82) is 0 Å². The van der Waals surface area contributed by atoms with Gasteiger partial charge in [0, 0.05) is 17.5 Å². The highest BCUT2D eigenvalue weighted by Crippen LogP contribution is 2.33. The van der Waals surface area contributed by atoms with E-state index in [0.29, 0.717) is 22.9 Å². The second-order valence-corrected chi connectivity index (χ2v) is 12.8. The van der Waals surface area contributed by atoms with Crippen LogP contribution in [0.15, 0.2) is 93.5 Å². The van der Waals surface area contributed by atoms with Crippen LogP contribution in [-0.2, 0) is 26.3 Å². The van der Waals surface area contributed by atoms with Gasteiger partial charge in [-0.25, -0.2) is 21.8 Å². The molecule has 1 aromatic heterocycles. The largest absolute Gasteiger partial charge is 0.496 e. The number of aryl methyl sites for hydroxylation is 1. The third kappa shape index (κ3) is 6.09. The van der Waals surface area contributed by atoms with Crippen LogP contribution in [0.2, 0.25) is 5.02 Å². The summed E-state index contributed by atoms with van der Waals surface area (Å²) in [5.41, 5.74) is 1.75. The summed E-state index contributed by atoms with van der Waals surface area (Å²) in [5.74, 6) is 1.26. The number of methoxy groups -OCH3 is 1. The van der Waals surface area contributed by atoms with Crippen LogP contribution in [0.4, 0.5) is 11.5 Å². The molecular weight excluding hydrogens is 548 g/mol. The number of nitrogens with zero attached hydrogens (tertiary/aromatic N) is 1. The summed E-state index contributed by atoms with van der Waals surface area (Å²) < 4.78 is 61.9. The van der Waals surface area contributed by atoms with E-state index in [1.807, 2.05) is 24.3 Å². The van der Waals surface area contributed by atoms with E-state index in [4.69, 9.17) is 21.1 Å². The van der Waals surface area contributed by atoms with E-state index in [1.54, 1.807) is 32.2 Å². The van der Waals surface area contributed by atoms with Crippen LogP contribution >= 0.6 is 11.6 Å². The average Bonchev–Trinajstić information content (AvgIpc) is 2.88. The van der Waals surface area contributed by atoms with Crippen molar-refractivity contribution in [2.24, 2.45) is 0 Å². The fraction of sp³-hybridized carbons (Fsp3) is 0.148. The Morgan fingerprint density at radius 1 is 0.895 bits per heavy atom. The molecule has 1 heterocycles. The molecule has 0 amide bonds. The maximum absolute atomic E-state index is 13.6. The summed E-state index contributed by atoms with van der Waals surface area (Å²) in [5, 5.41) is 3.05. The monoisotopic (exact) mass is 572 g/mol. The highest BCUT2D eigenvalue weighted by atomic mass is 35.5. The number of rotatable bonds is 9. The first kappa shape index (κ1) is 27.4. The Kier molecular flexibility index (Phi) is 7.96. The maximum atomic E-state index is 13.6. The molecule has 0 aliphatic rings. The second-order valence-electron chi connectivity index (χ2n) is 8.41. The molecule has 0 aliphatic heterocycles. The van der Waals surface area contributed by atoms with Gasteiger partial charge >= 0.3 is 0 Å². The predicted octanol–water partition coefficient (Wildman–Crippen LogP) is 5.61. The van der Waals surface area contributed by atoms with E-state index in [0.717, 1.165) is 11.8 Å². The van der Waals surface area contributed by atoms with E-state index in [2.05, 4.69) is 10.3 Å². The fourth-order valence-corrected chi connectivity index (χ4v) is 5.92. The molecule has 0 bridgehead atoms. The number of halogens is 1. The number of para-hydroxylation sites is 1. The SMILES string of the molecule is COc1ccccc1COc1ccc(S(=O)(=O)c2ccc(C)nc2Nc2ccc(S(C)(=O)=O)cc2Cl)cc1. The first-order valence-electron chi connectivity index (χ1n) is 11.3. The average molecular weight is 573 g/mol. The van der Waals surface area contributed by atoms with Gasteiger partial charge in [0.15, 0.2) is 9.84 Å². The maximum Gasteiger partial charge on any atom is 0.210 e. The van der Waals surface area contributed by atoms with E-state index in [1.165, 1.54) is 36.4 Å². The number of benzene rings is 3. The lowest BCUT2D eigenvalue weighted by atomic mass is 10.2. The normalized spacial score (nSPS) is 11.7. The minimum atomic E-state index is -3.98. The van der Waals surface area contributed by atoms with Crippen LogP contribution in [0.3, 0.4) is 0 Å². The zero-order valence-electron chi connectivity index (χ0n) is 20.8. The number of hydrogen-bond acceptors (Lipinski definition) is 8. The van der Waals surface area contributed by atoms with Crippen LogP contribution in [-0.4, -0.2) is 35.2 Å². The topological polar surface area (TPSA) is 112 Å².